The number of rotatable bonds is 3. The zero-order chi connectivity index (χ0) is 15.6. The molecule has 0 unspecified atom stereocenters. The first-order valence-corrected chi connectivity index (χ1v) is 6.52. The predicted octanol–water partition coefficient (Wildman–Crippen LogP) is 3.53. The molecule has 0 aliphatic rings. The normalized spacial score (nSPS) is 10.2. The first kappa shape index (κ1) is 14.8. The van der Waals surface area contributed by atoms with E-state index in [4.69, 9.17) is 9.84 Å². The van der Waals surface area contributed by atoms with Gasteiger partial charge in [0.2, 0.25) is 0 Å². The Balaban J connectivity index is 2.29. The molecule has 2 rings (SSSR count). The van der Waals surface area contributed by atoms with E-state index in [1.165, 1.54) is 12.1 Å². The van der Waals surface area contributed by atoms with Gasteiger partial charge in [-0.3, -0.25) is 0 Å². The van der Waals surface area contributed by atoms with Gasteiger partial charge in [-0.25, -0.2) is 9.59 Å². The van der Waals surface area contributed by atoms with Crippen LogP contribution < -0.4 is 4.74 Å². The van der Waals surface area contributed by atoms with E-state index >= 15 is 0 Å². The monoisotopic (exact) mass is 284 g/mol. The van der Waals surface area contributed by atoms with Crippen LogP contribution in [0.4, 0.5) is 0 Å². The van der Waals surface area contributed by atoms with Crippen LogP contribution in [0, 0.1) is 20.8 Å². The molecule has 0 spiro atoms. The Morgan fingerprint density at radius 1 is 0.905 bits per heavy atom. The summed E-state index contributed by atoms with van der Waals surface area (Å²) in [6, 6.07) is 10.1. The van der Waals surface area contributed by atoms with Crippen molar-refractivity contribution in [2.45, 2.75) is 20.8 Å². The first-order valence-electron chi connectivity index (χ1n) is 6.52. The molecule has 4 nitrogen and oxygen atoms in total. The number of benzene rings is 2. The van der Waals surface area contributed by atoms with Crippen molar-refractivity contribution in [1.29, 1.82) is 0 Å². The summed E-state index contributed by atoms with van der Waals surface area (Å²) in [5.74, 6) is -1.05. The second kappa shape index (κ2) is 5.79. The summed E-state index contributed by atoms with van der Waals surface area (Å²) in [6.45, 7) is 5.38. The van der Waals surface area contributed by atoms with E-state index < -0.39 is 11.9 Å². The van der Waals surface area contributed by atoms with Crippen molar-refractivity contribution < 1.29 is 19.4 Å². The summed E-state index contributed by atoms with van der Waals surface area (Å²) < 4.78 is 5.40. The van der Waals surface area contributed by atoms with E-state index in [0.29, 0.717) is 22.4 Å². The highest BCUT2D eigenvalue weighted by Crippen LogP contribution is 2.26. The zero-order valence-electron chi connectivity index (χ0n) is 12.1. The Hall–Kier alpha value is -2.62. The number of carbonyl (C=O) groups is 2. The largest absolute Gasteiger partial charge is 0.478 e. The predicted molar refractivity (Wildman–Crippen MR) is 79.0 cm³/mol. The van der Waals surface area contributed by atoms with Gasteiger partial charge in [0.15, 0.2) is 0 Å². The van der Waals surface area contributed by atoms with Crippen molar-refractivity contribution in [2.75, 3.05) is 0 Å². The molecule has 0 fully saturated rings. The van der Waals surface area contributed by atoms with Gasteiger partial charge >= 0.3 is 11.9 Å². The SMILES string of the molecule is Cc1ccc(C(=O)Oc2c(C)cc(C(=O)O)cc2C)cc1. The fraction of sp³-hybridized carbons (Fsp3) is 0.176. The molecule has 0 amide bonds. The van der Waals surface area contributed by atoms with Gasteiger partial charge in [-0.1, -0.05) is 17.7 Å². The molecule has 0 heterocycles. The van der Waals surface area contributed by atoms with Crippen LogP contribution in [-0.2, 0) is 0 Å². The topological polar surface area (TPSA) is 63.6 Å². The van der Waals surface area contributed by atoms with E-state index in [1.807, 2.05) is 19.1 Å². The fourth-order valence-electron chi connectivity index (χ4n) is 2.08. The van der Waals surface area contributed by atoms with Crippen LogP contribution in [0.5, 0.6) is 5.75 Å². The molecule has 2 aromatic carbocycles. The lowest BCUT2D eigenvalue weighted by molar-refractivity contribution is 0.0696. The third-order valence-corrected chi connectivity index (χ3v) is 3.19. The number of esters is 1. The van der Waals surface area contributed by atoms with Gasteiger partial charge < -0.3 is 9.84 Å². The number of aryl methyl sites for hydroxylation is 3. The molecule has 2 aromatic rings. The average molecular weight is 284 g/mol. The quantitative estimate of drug-likeness (QED) is 0.691. The average Bonchev–Trinajstić information content (AvgIpc) is 2.43. The smallest absolute Gasteiger partial charge is 0.343 e. The van der Waals surface area contributed by atoms with Gasteiger partial charge in [0.05, 0.1) is 11.1 Å². The third kappa shape index (κ3) is 3.28. The molecule has 21 heavy (non-hydrogen) atoms. The molecule has 0 aromatic heterocycles. The van der Waals surface area contributed by atoms with Gasteiger partial charge in [-0.2, -0.15) is 0 Å². The summed E-state index contributed by atoms with van der Waals surface area (Å²) >= 11 is 0. The van der Waals surface area contributed by atoms with Gasteiger partial charge in [0.25, 0.3) is 0 Å². The Morgan fingerprint density at radius 2 is 1.43 bits per heavy atom. The van der Waals surface area contributed by atoms with Crippen molar-refractivity contribution in [3.63, 3.8) is 0 Å². The van der Waals surface area contributed by atoms with E-state index in [0.717, 1.165) is 5.56 Å². The van der Waals surface area contributed by atoms with E-state index in [9.17, 15) is 9.59 Å². The summed E-state index contributed by atoms with van der Waals surface area (Å²) in [7, 11) is 0. The highest BCUT2D eigenvalue weighted by molar-refractivity contribution is 5.92. The Labute approximate surface area is 123 Å². The summed E-state index contributed by atoms with van der Waals surface area (Å²) in [5, 5.41) is 9.00. The number of hydrogen-bond donors (Lipinski definition) is 1. The molecule has 1 N–H and O–H groups in total. The molecule has 0 saturated heterocycles. The van der Waals surface area contributed by atoms with Crippen molar-refractivity contribution in [3.8, 4) is 5.75 Å². The number of carbonyl (C=O) groups excluding carboxylic acids is 1. The number of aromatic carboxylic acids is 1. The minimum atomic E-state index is -1.00. The van der Waals surface area contributed by atoms with E-state index in [1.54, 1.807) is 26.0 Å². The van der Waals surface area contributed by atoms with Crippen molar-refractivity contribution >= 4 is 11.9 Å². The second-order valence-corrected chi connectivity index (χ2v) is 5.00. The second-order valence-electron chi connectivity index (χ2n) is 5.00. The highest BCUT2D eigenvalue weighted by Gasteiger charge is 2.15. The molecule has 108 valence electrons. The number of ether oxygens (including phenoxy) is 1. The van der Waals surface area contributed by atoms with Crippen LogP contribution in [0.25, 0.3) is 0 Å². The number of carboxylic acids is 1. The summed E-state index contributed by atoms with van der Waals surface area (Å²) in [5.41, 5.74) is 2.94. The molecule has 4 heteroatoms. The summed E-state index contributed by atoms with van der Waals surface area (Å²) in [4.78, 5) is 23.1. The van der Waals surface area contributed by atoms with Crippen LogP contribution >= 0.6 is 0 Å². The molecular formula is C17H16O4. The fourth-order valence-corrected chi connectivity index (χ4v) is 2.08. The summed E-state index contributed by atoms with van der Waals surface area (Å²) in [6.07, 6.45) is 0. The Kier molecular flexibility index (Phi) is 4.08. The van der Waals surface area contributed by atoms with E-state index in [2.05, 4.69) is 0 Å². The lowest BCUT2D eigenvalue weighted by Crippen LogP contribution is -2.11. The molecular weight excluding hydrogens is 268 g/mol. The van der Waals surface area contributed by atoms with Crippen LogP contribution in [0.15, 0.2) is 36.4 Å². The van der Waals surface area contributed by atoms with Gasteiger partial charge in [0.1, 0.15) is 5.75 Å². The van der Waals surface area contributed by atoms with Crippen LogP contribution in [-0.4, -0.2) is 17.0 Å². The molecule has 0 radical (unpaired) electrons. The van der Waals surface area contributed by atoms with Crippen molar-refractivity contribution in [1.82, 2.24) is 0 Å². The number of carboxylic acid groups (broad SMARTS) is 1. The van der Waals surface area contributed by atoms with Crippen LogP contribution in [0.1, 0.15) is 37.4 Å². The number of hydrogen-bond acceptors (Lipinski definition) is 3. The lowest BCUT2D eigenvalue weighted by Gasteiger charge is -2.11. The molecule has 0 atom stereocenters. The maximum absolute atomic E-state index is 12.1. The van der Waals surface area contributed by atoms with Gasteiger partial charge in [0, 0.05) is 0 Å². The van der Waals surface area contributed by atoms with Gasteiger partial charge in [-0.05, 0) is 56.2 Å². The third-order valence-electron chi connectivity index (χ3n) is 3.19. The first-order chi connectivity index (χ1) is 9.88. The van der Waals surface area contributed by atoms with Crippen molar-refractivity contribution in [2.24, 2.45) is 0 Å². The minimum Gasteiger partial charge on any atom is -0.478 e. The highest BCUT2D eigenvalue weighted by atomic mass is 16.5. The molecule has 0 bridgehead atoms. The molecule has 0 saturated carbocycles. The Morgan fingerprint density at radius 3 is 1.90 bits per heavy atom. The molecule has 0 aliphatic heterocycles. The van der Waals surface area contributed by atoms with E-state index in [-0.39, 0.29) is 5.56 Å². The standard InChI is InChI=1S/C17H16O4/c1-10-4-6-13(7-5-10)17(20)21-15-11(2)8-14(16(18)19)9-12(15)3/h4-9H,1-3H3,(H,18,19). The zero-order valence-corrected chi connectivity index (χ0v) is 12.1. The maximum atomic E-state index is 12.1. The maximum Gasteiger partial charge on any atom is 0.343 e. The van der Waals surface area contributed by atoms with Crippen LogP contribution in [0.2, 0.25) is 0 Å². The van der Waals surface area contributed by atoms with Gasteiger partial charge in [-0.15, -0.1) is 0 Å². The molecule has 0 aliphatic carbocycles. The van der Waals surface area contributed by atoms with Crippen LogP contribution in [0.3, 0.4) is 0 Å². The van der Waals surface area contributed by atoms with Crippen molar-refractivity contribution in [3.05, 3.63) is 64.2 Å². The minimum absolute atomic E-state index is 0.181. The Bertz CT molecular complexity index is 676. The lowest BCUT2D eigenvalue weighted by atomic mass is 10.1.